The van der Waals surface area contributed by atoms with Crippen molar-refractivity contribution in [2.24, 2.45) is 0 Å². The average Bonchev–Trinajstić information content (AvgIpc) is 2.35. The fourth-order valence-corrected chi connectivity index (χ4v) is 2.51. The highest BCUT2D eigenvalue weighted by Gasteiger charge is 2.39. The normalized spacial score (nSPS) is 21.9. The predicted molar refractivity (Wildman–Crippen MR) is 63.8 cm³/mol. The summed E-state index contributed by atoms with van der Waals surface area (Å²) in [5.74, 6) is 0. The number of nitrogens with one attached hydrogen (secondary N) is 1. The summed E-state index contributed by atoms with van der Waals surface area (Å²) >= 11 is 0. The molecule has 4 nitrogen and oxygen atoms in total. The average molecular weight is 231 g/mol. The SMILES string of the molecule is CNC(CCCOC)C1(OC)CCOCC1. The van der Waals surface area contributed by atoms with Gasteiger partial charge in [0.25, 0.3) is 0 Å². The van der Waals surface area contributed by atoms with Crippen molar-refractivity contribution in [1.82, 2.24) is 5.32 Å². The Bertz CT molecular complexity index is 181. The van der Waals surface area contributed by atoms with E-state index in [0.717, 1.165) is 45.5 Å². The largest absolute Gasteiger partial charge is 0.385 e. The zero-order valence-electron chi connectivity index (χ0n) is 10.8. The van der Waals surface area contributed by atoms with Gasteiger partial charge in [0.1, 0.15) is 0 Å². The maximum Gasteiger partial charge on any atom is 0.0874 e. The quantitative estimate of drug-likeness (QED) is 0.668. The number of hydrogen-bond acceptors (Lipinski definition) is 4. The molecule has 1 aliphatic heterocycles. The zero-order valence-corrected chi connectivity index (χ0v) is 10.8. The van der Waals surface area contributed by atoms with Crippen LogP contribution in [0.3, 0.4) is 0 Å². The maximum absolute atomic E-state index is 5.78. The highest BCUT2D eigenvalue weighted by molar-refractivity contribution is 4.94. The molecule has 0 radical (unpaired) electrons. The smallest absolute Gasteiger partial charge is 0.0874 e. The summed E-state index contributed by atoms with van der Waals surface area (Å²) in [5, 5.41) is 3.39. The molecule has 1 fully saturated rings. The molecule has 1 heterocycles. The molecule has 1 aliphatic rings. The Labute approximate surface area is 98.6 Å². The third-order valence-corrected chi connectivity index (χ3v) is 3.57. The molecule has 1 N–H and O–H groups in total. The van der Waals surface area contributed by atoms with Gasteiger partial charge in [-0.15, -0.1) is 0 Å². The standard InChI is InChI=1S/C12H25NO3/c1-13-11(5-4-8-14-2)12(15-3)6-9-16-10-7-12/h11,13H,4-10H2,1-3H3. The van der Waals surface area contributed by atoms with E-state index in [2.05, 4.69) is 5.32 Å². The molecule has 0 saturated carbocycles. The Kier molecular flexibility index (Phi) is 6.28. The van der Waals surface area contributed by atoms with Crippen LogP contribution in [0.1, 0.15) is 25.7 Å². The van der Waals surface area contributed by atoms with Gasteiger partial charge in [0.15, 0.2) is 0 Å². The Morgan fingerprint density at radius 1 is 1.31 bits per heavy atom. The van der Waals surface area contributed by atoms with Crippen LogP contribution in [0, 0.1) is 0 Å². The van der Waals surface area contributed by atoms with Gasteiger partial charge in [0.2, 0.25) is 0 Å². The maximum atomic E-state index is 5.78. The van der Waals surface area contributed by atoms with Crippen molar-refractivity contribution in [1.29, 1.82) is 0 Å². The summed E-state index contributed by atoms with van der Waals surface area (Å²) in [6.45, 7) is 2.42. The molecular formula is C12H25NO3. The molecule has 0 spiro atoms. The fourth-order valence-electron chi connectivity index (χ4n) is 2.51. The van der Waals surface area contributed by atoms with E-state index < -0.39 is 0 Å². The molecule has 1 saturated heterocycles. The molecule has 0 aromatic rings. The molecule has 0 aromatic heterocycles. The lowest BCUT2D eigenvalue weighted by atomic mass is 9.83. The van der Waals surface area contributed by atoms with Crippen molar-refractivity contribution in [3.05, 3.63) is 0 Å². The van der Waals surface area contributed by atoms with Gasteiger partial charge >= 0.3 is 0 Å². The minimum Gasteiger partial charge on any atom is -0.385 e. The van der Waals surface area contributed by atoms with E-state index in [4.69, 9.17) is 14.2 Å². The van der Waals surface area contributed by atoms with Crippen LogP contribution in [0.4, 0.5) is 0 Å². The molecule has 16 heavy (non-hydrogen) atoms. The molecule has 96 valence electrons. The van der Waals surface area contributed by atoms with Crippen molar-refractivity contribution in [3.8, 4) is 0 Å². The van der Waals surface area contributed by atoms with Crippen molar-refractivity contribution in [2.45, 2.75) is 37.3 Å². The van der Waals surface area contributed by atoms with Crippen LogP contribution in [0.5, 0.6) is 0 Å². The van der Waals surface area contributed by atoms with E-state index in [0.29, 0.717) is 6.04 Å². The van der Waals surface area contributed by atoms with Gasteiger partial charge in [0, 0.05) is 52.9 Å². The van der Waals surface area contributed by atoms with Crippen LogP contribution < -0.4 is 5.32 Å². The Balaban J connectivity index is 2.51. The summed E-state index contributed by atoms with van der Waals surface area (Å²) in [6.07, 6.45) is 4.09. The highest BCUT2D eigenvalue weighted by atomic mass is 16.5. The third-order valence-electron chi connectivity index (χ3n) is 3.57. The Morgan fingerprint density at radius 3 is 2.50 bits per heavy atom. The lowest BCUT2D eigenvalue weighted by molar-refractivity contribution is -0.111. The van der Waals surface area contributed by atoms with Crippen molar-refractivity contribution >= 4 is 0 Å². The van der Waals surface area contributed by atoms with Gasteiger partial charge in [-0.1, -0.05) is 0 Å². The first-order valence-corrected chi connectivity index (χ1v) is 6.08. The molecule has 0 aliphatic carbocycles. The van der Waals surface area contributed by atoms with Gasteiger partial charge in [-0.05, 0) is 19.9 Å². The van der Waals surface area contributed by atoms with Crippen LogP contribution in [0.2, 0.25) is 0 Å². The molecular weight excluding hydrogens is 206 g/mol. The zero-order chi connectivity index (χ0) is 11.9. The molecule has 1 rings (SSSR count). The second kappa shape index (κ2) is 7.22. The monoisotopic (exact) mass is 231 g/mol. The van der Waals surface area contributed by atoms with Gasteiger partial charge in [-0.2, -0.15) is 0 Å². The second-order valence-electron chi connectivity index (χ2n) is 4.36. The topological polar surface area (TPSA) is 39.7 Å². The summed E-state index contributed by atoms with van der Waals surface area (Å²) in [5.41, 5.74) is -0.0548. The van der Waals surface area contributed by atoms with Crippen LogP contribution in [0.15, 0.2) is 0 Å². The van der Waals surface area contributed by atoms with Crippen LogP contribution in [-0.2, 0) is 14.2 Å². The third kappa shape index (κ3) is 3.42. The minimum atomic E-state index is -0.0548. The predicted octanol–water partition coefficient (Wildman–Crippen LogP) is 1.20. The fraction of sp³-hybridized carbons (Fsp3) is 1.00. The van der Waals surface area contributed by atoms with Crippen LogP contribution in [0.25, 0.3) is 0 Å². The van der Waals surface area contributed by atoms with Crippen LogP contribution in [-0.4, -0.2) is 52.7 Å². The number of likely N-dealkylation sites (N-methyl/N-ethyl adjacent to an activating group) is 1. The van der Waals surface area contributed by atoms with Crippen molar-refractivity contribution < 1.29 is 14.2 Å². The first-order chi connectivity index (χ1) is 7.79. The van der Waals surface area contributed by atoms with Crippen molar-refractivity contribution in [3.63, 3.8) is 0 Å². The molecule has 0 amide bonds. The molecule has 1 atom stereocenters. The van der Waals surface area contributed by atoms with Gasteiger partial charge in [0.05, 0.1) is 5.60 Å². The summed E-state index contributed by atoms with van der Waals surface area (Å²) in [6, 6.07) is 0.386. The number of methoxy groups -OCH3 is 2. The van der Waals surface area contributed by atoms with E-state index in [9.17, 15) is 0 Å². The lowest BCUT2D eigenvalue weighted by Gasteiger charge is -2.42. The Hall–Kier alpha value is -0.160. The second-order valence-corrected chi connectivity index (χ2v) is 4.36. The van der Waals surface area contributed by atoms with Gasteiger partial charge < -0.3 is 19.5 Å². The number of rotatable bonds is 7. The van der Waals surface area contributed by atoms with Crippen molar-refractivity contribution in [2.75, 3.05) is 41.1 Å². The Morgan fingerprint density at radius 2 is 2.00 bits per heavy atom. The first-order valence-electron chi connectivity index (χ1n) is 6.08. The van der Waals surface area contributed by atoms with E-state index in [1.165, 1.54) is 0 Å². The molecule has 4 heteroatoms. The minimum absolute atomic E-state index is 0.0548. The molecule has 1 unspecified atom stereocenters. The van der Waals surface area contributed by atoms with E-state index in [1.807, 2.05) is 14.2 Å². The summed E-state index contributed by atoms with van der Waals surface area (Å²) in [4.78, 5) is 0. The van der Waals surface area contributed by atoms with E-state index >= 15 is 0 Å². The van der Waals surface area contributed by atoms with Crippen LogP contribution >= 0.6 is 0 Å². The lowest BCUT2D eigenvalue weighted by Crippen LogP contribution is -2.54. The van der Waals surface area contributed by atoms with E-state index in [1.54, 1.807) is 7.11 Å². The first kappa shape index (κ1) is 13.9. The number of hydrogen-bond donors (Lipinski definition) is 1. The number of ether oxygens (including phenoxy) is 3. The summed E-state index contributed by atoms with van der Waals surface area (Å²) in [7, 11) is 5.56. The molecule has 0 aromatic carbocycles. The summed E-state index contributed by atoms with van der Waals surface area (Å²) < 4.78 is 16.3. The molecule has 0 bridgehead atoms. The van der Waals surface area contributed by atoms with Gasteiger partial charge in [-0.25, -0.2) is 0 Å². The van der Waals surface area contributed by atoms with Gasteiger partial charge in [-0.3, -0.25) is 0 Å². The van der Waals surface area contributed by atoms with E-state index in [-0.39, 0.29) is 5.60 Å². The highest BCUT2D eigenvalue weighted by Crippen LogP contribution is 2.30.